The fourth-order valence-corrected chi connectivity index (χ4v) is 3.70. The Morgan fingerprint density at radius 2 is 2.00 bits per heavy atom. The Morgan fingerprint density at radius 3 is 2.69 bits per heavy atom. The molecule has 2 heterocycles. The van der Waals surface area contributed by atoms with E-state index >= 15 is 0 Å². The molecule has 2 N–H and O–H groups in total. The Morgan fingerprint density at radius 1 is 1.22 bits per heavy atom. The SMILES string of the molecule is CN=C(NCC(=O)N(C)CCc1ccccn1)NC(C)c1cccc(N2CCCC2)c1.I. The largest absolute Gasteiger partial charge is 0.372 e. The fraction of sp³-hybridized carbons (Fsp3) is 0.458. The number of carbonyl (C=O) groups is 1. The number of aliphatic imine (C=N–C) groups is 1. The van der Waals surface area contributed by atoms with E-state index < -0.39 is 0 Å². The molecule has 1 aromatic heterocycles. The summed E-state index contributed by atoms with van der Waals surface area (Å²) in [4.78, 5) is 25.2. The summed E-state index contributed by atoms with van der Waals surface area (Å²) in [5, 5.41) is 6.53. The molecule has 3 rings (SSSR count). The van der Waals surface area contributed by atoms with Gasteiger partial charge >= 0.3 is 0 Å². The zero-order chi connectivity index (χ0) is 22.1. The third-order valence-corrected chi connectivity index (χ3v) is 5.68. The van der Waals surface area contributed by atoms with Crippen molar-refractivity contribution in [1.29, 1.82) is 0 Å². The second kappa shape index (κ2) is 13.2. The van der Waals surface area contributed by atoms with Gasteiger partial charge in [-0.1, -0.05) is 18.2 Å². The molecule has 8 heteroatoms. The monoisotopic (exact) mass is 550 g/mol. The van der Waals surface area contributed by atoms with Crippen LogP contribution in [0, 0.1) is 0 Å². The van der Waals surface area contributed by atoms with Crippen molar-refractivity contribution in [2.75, 3.05) is 45.2 Å². The zero-order valence-corrected chi connectivity index (χ0v) is 21.6. The summed E-state index contributed by atoms with van der Waals surface area (Å²) >= 11 is 0. The standard InChI is InChI=1S/C24H34N6O.HI/c1-19(20-9-8-11-22(17-20)30-14-6-7-15-30)28-24(25-2)27-18-23(31)29(3)16-12-21-10-4-5-13-26-21;/h4-5,8-11,13,17,19H,6-7,12,14-16,18H2,1-3H3,(H2,25,27,28);1H. The fourth-order valence-electron chi connectivity index (χ4n) is 3.70. The summed E-state index contributed by atoms with van der Waals surface area (Å²) in [7, 11) is 3.54. The van der Waals surface area contributed by atoms with Gasteiger partial charge in [-0.15, -0.1) is 24.0 Å². The van der Waals surface area contributed by atoms with Crippen LogP contribution in [0.25, 0.3) is 0 Å². The third-order valence-electron chi connectivity index (χ3n) is 5.68. The number of benzene rings is 1. The van der Waals surface area contributed by atoms with Crippen LogP contribution in [0.15, 0.2) is 53.7 Å². The lowest BCUT2D eigenvalue weighted by Crippen LogP contribution is -2.44. The number of aromatic nitrogens is 1. The van der Waals surface area contributed by atoms with Crippen LogP contribution in [-0.2, 0) is 11.2 Å². The Balaban J connectivity index is 0.00000363. The van der Waals surface area contributed by atoms with Crippen LogP contribution in [0.5, 0.6) is 0 Å². The first-order valence-corrected chi connectivity index (χ1v) is 11.0. The average Bonchev–Trinajstić information content (AvgIpc) is 3.35. The highest BCUT2D eigenvalue weighted by Gasteiger charge is 2.15. The lowest BCUT2D eigenvalue weighted by atomic mass is 10.1. The molecule has 0 bridgehead atoms. The van der Waals surface area contributed by atoms with Crippen LogP contribution < -0.4 is 15.5 Å². The van der Waals surface area contributed by atoms with Gasteiger partial charge in [-0.05, 0) is 49.6 Å². The second-order valence-electron chi connectivity index (χ2n) is 7.97. The van der Waals surface area contributed by atoms with Crippen molar-refractivity contribution in [3.63, 3.8) is 0 Å². The van der Waals surface area contributed by atoms with Gasteiger partial charge in [-0.3, -0.25) is 14.8 Å². The molecule has 0 radical (unpaired) electrons. The van der Waals surface area contributed by atoms with Gasteiger partial charge in [0.05, 0.1) is 12.6 Å². The quantitative estimate of drug-likeness (QED) is 0.300. The number of nitrogens with one attached hydrogen (secondary N) is 2. The van der Waals surface area contributed by atoms with Crippen LogP contribution in [0.3, 0.4) is 0 Å². The van der Waals surface area contributed by atoms with Crippen LogP contribution >= 0.6 is 24.0 Å². The number of hydrogen-bond donors (Lipinski definition) is 2. The highest BCUT2D eigenvalue weighted by Crippen LogP contribution is 2.23. The number of halogens is 1. The normalized spacial score (nSPS) is 14.5. The minimum absolute atomic E-state index is 0. The summed E-state index contributed by atoms with van der Waals surface area (Å²) in [5.74, 6) is 0.633. The van der Waals surface area contributed by atoms with E-state index in [-0.39, 0.29) is 42.5 Å². The van der Waals surface area contributed by atoms with Gasteiger partial charge in [0, 0.05) is 57.7 Å². The molecule has 2 aromatic rings. The minimum atomic E-state index is 0. The first kappa shape index (κ1) is 25.9. The number of guanidine groups is 1. The summed E-state index contributed by atoms with van der Waals surface area (Å²) in [5.41, 5.74) is 3.46. The van der Waals surface area contributed by atoms with E-state index in [1.807, 2.05) is 25.2 Å². The van der Waals surface area contributed by atoms with Gasteiger partial charge < -0.3 is 20.4 Å². The lowest BCUT2D eigenvalue weighted by molar-refractivity contribution is -0.128. The van der Waals surface area contributed by atoms with E-state index in [9.17, 15) is 4.79 Å². The van der Waals surface area contributed by atoms with Crippen molar-refractivity contribution in [1.82, 2.24) is 20.5 Å². The van der Waals surface area contributed by atoms with Gasteiger partial charge in [0.1, 0.15) is 0 Å². The highest BCUT2D eigenvalue weighted by molar-refractivity contribution is 14.0. The Kier molecular flexibility index (Phi) is 10.7. The molecule has 1 atom stereocenters. The van der Waals surface area contributed by atoms with Gasteiger partial charge in [-0.2, -0.15) is 0 Å². The maximum absolute atomic E-state index is 12.5. The maximum atomic E-state index is 12.5. The van der Waals surface area contributed by atoms with E-state index in [1.165, 1.54) is 24.1 Å². The van der Waals surface area contributed by atoms with Gasteiger partial charge in [-0.25, -0.2) is 0 Å². The van der Waals surface area contributed by atoms with Crippen LogP contribution in [0.4, 0.5) is 5.69 Å². The number of anilines is 1. The molecule has 0 aliphatic carbocycles. The molecule has 0 saturated carbocycles. The van der Waals surface area contributed by atoms with Crippen molar-refractivity contribution < 1.29 is 4.79 Å². The van der Waals surface area contributed by atoms with Crippen LogP contribution in [0.1, 0.15) is 37.1 Å². The Labute approximate surface area is 208 Å². The molecular weight excluding hydrogens is 515 g/mol. The summed E-state index contributed by atoms with van der Waals surface area (Å²) in [6.07, 6.45) is 5.04. The number of pyridine rings is 1. The number of hydrogen-bond acceptors (Lipinski definition) is 4. The van der Waals surface area contributed by atoms with E-state index in [0.717, 1.165) is 25.2 Å². The second-order valence-corrected chi connectivity index (χ2v) is 7.97. The van der Waals surface area contributed by atoms with Gasteiger partial charge in [0.2, 0.25) is 5.91 Å². The third kappa shape index (κ3) is 7.65. The first-order valence-electron chi connectivity index (χ1n) is 11.0. The average molecular weight is 550 g/mol. The topological polar surface area (TPSA) is 72.9 Å². The Hall–Kier alpha value is -2.36. The predicted octanol–water partition coefficient (Wildman–Crippen LogP) is 3.23. The molecule has 1 saturated heterocycles. The zero-order valence-electron chi connectivity index (χ0n) is 19.3. The van der Waals surface area contributed by atoms with Gasteiger partial charge in [0.15, 0.2) is 5.96 Å². The lowest BCUT2D eigenvalue weighted by Gasteiger charge is -2.22. The molecule has 174 valence electrons. The van der Waals surface area contributed by atoms with Crippen molar-refractivity contribution in [2.45, 2.75) is 32.2 Å². The summed E-state index contributed by atoms with van der Waals surface area (Å²) < 4.78 is 0. The van der Waals surface area contributed by atoms with E-state index in [0.29, 0.717) is 12.5 Å². The summed E-state index contributed by atoms with van der Waals surface area (Å²) in [6, 6.07) is 14.6. The van der Waals surface area contributed by atoms with Crippen molar-refractivity contribution in [3.05, 3.63) is 59.9 Å². The molecule has 1 aromatic carbocycles. The Bertz CT molecular complexity index is 870. The van der Waals surface area contributed by atoms with Crippen LogP contribution in [-0.4, -0.2) is 62.0 Å². The number of likely N-dealkylation sites (N-methyl/N-ethyl adjacent to an activating group) is 1. The number of amides is 1. The molecule has 0 spiro atoms. The molecule has 1 aliphatic rings. The molecule has 1 fully saturated rings. The molecular formula is C24H35IN6O. The highest BCUT2D eigenvalue weighted by atomic mass is 127. The van der Waals surface area contributed by atoms with Crippen molar-refractivity contribution in [3.8, 4) is 0 Å². The maximum Gasteiger partial charge on any atom is 0.241 e. The van der Waals surface area contributed by atoms with Crippen molar-refractivity contribution in [2.24, 2.45) is 4.99 Å². The summed E-state index contributed by atoms with van der Waals surface area (Å²) in [6.45, 7) is 5.19. The number of nitrogens with zero attached hydrogens (tertiary/aromatic N) is 4. The number of carbonyl (C=O) groups excluding carboxylic acids is 1. The molecule has 1 amide bonds. The first-order chi connectivity index (χ1) is 15.1. The van der Waals surface area contributed by atoms with E-state index in [4.69, 9.17) is 0 Å². The number of rotatable bonds is 8. The molecule has 1 unspecified atom stereocenters. The molecule has 32 heavy (non-hydrogen) atoms. The van der Waals surface area contributed by atoms with Gasteiger partial charge in [0.25, 0.3) is 0 Å². The van der Waals surface area contributed by atoms with E-state index in [1.54, 1.807) is 18.1 Å². The van der Waals surface area contributed by atoms with Crippen molar-refractivity contribution >= 4 is 41.5 Å². The molecule has 7 nitrogen and oxygen atoms in total. The van der Waals surface area contributed by atoms with E-state index in [2.05, 4.69) is 56.7 Å². The predicted molar refractivity (Wildman–Crippen MR) is 142 cm³/mol. The molecule has 1 aliphatic heterocycles. The minimum Gasteiger partial charge on any atom is -0.372 e. The van der Waals surface area contributed by atoms with Crippen LogP contribution in [0.2, 0.25) is 0 Å². The smallest absolute Gasteiger partial charge is 0.241 e.